The summed E-state index contributed by atoms with van der Waals surface area (Å²) >= 11 is 13.6. The van der Waals surface area contributed by atoms with Crippen LogP contribution in [0.2, 0.25) is 5.02 Å². The molecule has 1 aliphatic carbocycles. The van der Waals surface area contributed by atoms with E-state index in [0.29, 0.717) is 21.3 Å². The first-order valence-electron chi connectivity index (χ1n) is 4.98. The van der Waals surface area contributed by atoms with E-state index >= 15 is 0 Å². The van der Waals surface area contributed by atoms with Crippen molar-refractivity contribution in [2.45, 2.75) is 21.9 Å². The monoisotopic (exact) mass is 421 g/mol. The normalized spacial score (nSPS) is 18.3. The van der Waals surface area contributed by atoms with E-state index in [1.54, 1.807) is 0 Å². The average Bonchev–Trinajstić information content (AvgIpc) is 3.04. The fourth-order valence-corrected chi connectivity index (χ4v) is 5.75. The first-order chi connectivity index (χ1) is 7.90. The van der Waals surface area contributed by atoms with Gasteiger partial charge in [0.15, 0.2) is 0 Å². The third kappa shape index (κ3) is 3.67. The Balaban J connectivity index is 2.02. The highest BCUT2D eigenvalue weighted by Gasteiger charge is 2.30. The Hall–Kier alpha value is 0.860. The molecule has 0 saturated heterocycles. The molecule has 96 valence electrons. The summed E-state index contributed by atoms with van der Waals surface area (Å²) < 4.78 is 27.4. The van der Waals surface area contributed by atoms with Gasteiger partial charge < -0.3 is 0 Å². The summed E-state index contributed by atoms with van der Waals surface area (Å²) in [7, 11) is -3.44. The van der Waals surface area contributed by atoms with Crippen LogP contribution in [0, 0.1) is 5.92 Å². The highest BCUT2D eigenvalue weighted by atomic mass is 79.9. The molecule has 1 saturated carbocycles. The lowest BCUT2D eigenvalue weighted by molar-refractivity contribution is 0.580. The van der Waals surface area contributed by atoms with Gasteiger partial charge in [-0.2, -0.15) is 0 Å². The third-order valence-corrected chi connectivity index (χ3v) is 7.93. The van der Waals surface area contributed by atoms with Crippen LogP contribution in [0.4, 0.5) is 0 Å². The average molecular weight is 424 g/mol. The predicted molar refractivity (Wildman–Crippen MR) is 77.7 cm³/mol. The van der Waals surface area contributed by atoms with Gasteiger partial charge in [-0.1, -0.05) is 27.5 Å². The van der Waals surface area contributed by atoms with E-state index in [-0.39, 0.29) is 9.04 Å². The standard InChI is InChI=1S/C9H10Br2ClNO2S2/c10-6(5-1-2-5)4-13-17(14,15)8-3-7(12)9(11)16-8/h3,5-6,13H,1-2,4H2. The highest BCUT2D eigenvalue weighted by Crippen LogP contribution is 2.37. The van der Waals surface area contributed by atoms with Crippen LogP contribution < -0.4 is 4.72 Å². The van der Waals surface area contributed by atoms with E-state index in [9.17, 15) is 8.42 Å². The molecule has 17 heavy (non-hydrogen) atoms. The molecule has 1 atom stereocenters. The zero-order chi connectivity index (χ0) is 12.6. The second kappa shape index (κ2) is 5.46. The Kier molecular flexibility index (Phi) is 4.59. The summed E-state index contributed by atoms with van der Waals surface area (Å²) in [5, 5.41) is 0.424. The van der Waals surface area contributed by atoms with E-state index < -0.39 is 10.0 Å². The SMILES string of the molecule is O=S(=O)(NCC(Br)C1CC1)c1cc(Cl)c(Br)s1. The Morgan fingerprint density at radius 3 is 2.71 bits per heavy atom. The van der Waals surface area contributed by atoms with Crippen molar-refractivity contribution in [3.8, 4) is 0 Å². The molecule has 8 heteroatoms. The van der Waals surface area contributed by atoms with E-state index in [0.717, 1.165) is 11.3 Å². The maximum absolute atomic E-state index is 11.9. The van der Waals surface area contributed by atoms with Gasteiger partial charge in [0.2, 0.25) is 10.0 Å². The number of hydrogen-bond acceptors (Lipinski definition) is 3. The van der Waals surface area contributed by atoms with Gasteiger partial charge in [-0.25, -0.2) is 13.1 Å². The maximum Gasteiger partial charge on any atom is 0.250 e. The fraction of sp³-hybridized carbons (Fsp3) is 0.556. The van der Waals surface area contributed by atoms with Crippen LogP contribution in [0.5, 0.6) is 0 Å². The van der Waals surface area contributed by atoms with Crippen molar-refractivity contribution >= 4 is 64.8 Å². The lowest BCUT2D eigenvalue weighted by atomic mass is 10.3. The van der Waals surface area contributed by atoms with Crippen molar-refractivity contribution in [3.05, 3.63) is 14.9 Å². The van der Waals surface area contributed by atoms with Crippen LogP contribution in [0.25, 0.3) is 0 Å². The zero-order valence-electron chi connectivity index (χ0n) is 8.62. The molecular formula is C9H10Br2ClNO2S2. The topological polar surface area (TPSA) is 46.2 Å². The molecule has 0 aromatic carbocycles. The minimum atomic E-state index is -3.44. The van der Waals surface area contributed by atoms with Gasteiger partial charge in [0, 0.05) is 11.4 Å². The number of rotatable bonds is 5. The van der Waals surface area contributed by atoms with E-state index in [1.807, 2.05) is 0 Å². The van der Waals surface area contributed by atoms with Crippen LogP contribution in [-0.4, -0.2) is 19.8 Å². The van der Waals surface area contributed by atoms with Crippen molar-refractivity contribution in [1.82, 2.24) is 4.72 Å². The van der Waals surface area contributed by atoms with Crippen LogP contribution in [0.1, 0.15) is 12.8 Å². The molecule has 3 nitrogen and oxygen atoms in total. The minimum absolute atomic E-state index is 0.219. The van der Waals surface area contributed by atoms with Gasteiger partial charge in [-0.05, 0) is 40.8 Å². The molecule has 2 rings (SSSR count). The quantitative estimate of drug-likeness (QED) is 0.736. The first-order valence-corrected chi connectivity index (χ1v) is 9.37. The lowest BCUT2D eigenvalue weighted by Gasteiger charge is -2.09. The van der Waals surface area contributed by atoms with Crippen molar-refractivity contribution in [3.63, 3.8) is 0 Å². The molecule has 1 aromatic rings. The first kappa shape index (κ1) is 14.3. The molecule has 1 heterocycles. The van der Waals surface area contributed by atoms with Gasteiger partial charge >= 0.3 is 0 Å². The molecule has 1 aromatic heterocycles. The van der Waals surface area contributed by atoms with Crippen LogP contribution in [0.15, 0.2) is 14.1 Å². The third-order valence-electron chi connectivity index (χ3n) is 2.49. The zero-order valence-corrected chi connectivity index (χ0v) is 14.2. The molecule has 0 radical (unpaired) electrons. The van der Waals surface area contributed by atoms with Gasteiger partial charge in [0.05, 0.1) is 8.81 Å². The second-order valence-corrected chi connectivity index (χ2v) is 9.84. The van der Waals surface area contributed by atoms with Gasteiger partial charge in [0.1, 0.15) is 4.21 Å². The van der Waals surface area contributed by atoms with Crippen molar-refractivity contribution in [2.75, 3.05) is 6.54 Å². The number of alkyl halides is 1. The minimum Gasteiger partial charge on any atom is -0.209 e. The van der Waals surface area contributed by atoms with Gasteiger partial charge in [0.25, 0.3) is 0 Å². The highest BCUT2D eigenvalue weighted by molar-refractivity contribution is 9.11. The Morgan fingerprint density at radius 2 is 2.24 bits per heavy atom. The van der Waals surface area contributed by atoms with E-state index in [1.165, 1.54) is 18.9 Å². The number of hydrogen-bond donors (Lipinski definition) is 1. The summed E-state index contributed by atoms with van der Waals surface area (Å²) in [6.45, 7) is 0.417. The lowest BCUT2D eigenvalue weighted by Crippen LogP contribution is -2.30. The Morgan fingerprint density at radius 1 is 1.59 bits per heavy atom. The van der Waals surface area contributed by atoms with Crippen molar-refractivity contribution < 1.29 is 8.42 Å². The van der Waals surface area contributed by atoms with Gasteiger partial charge in [-0.15, -0.1) is 11.3 Å². The maximum atomic E-state index is 11.9. The van der Waals surface area contributed by atoms with Gasteiger partial charge in [-0.3, -0.25) is 0 Å². The summed E-state index contributed by atoms with van der Waals surface area (Å²) in [4.78, 5) is 0.219. The van der Waals surface area contributed by atoms with E-state index in [4.69, 9.17) is 11.6 Å². The Labute approximate surface area is 126 Å². The molecule has 1 N–H and O–H groups in total. The number of halogens is 3. The van der Waals surface area contributed by atoms with Crippen molar-refractivity contribution in [2.24, 2.45) is 5.92 Å². The van der Waals surface area contributed by atoms with Crippen LogP contribution in [0.3, 0.4) is 0 Å². The van der Waals surface area contributed by atoms with Crippen LogP contribution >= 0.6 is 54.8 Å². The number of sulfonamides is 1. The summed E-state index contributed by atoms with van der Waals surface area (Å²) in [5.41, 5.74) is 0. The Bertz CT molecular complexity index is 494. The molecule has 0 amide bonds. The molecule has 0 aliphatic heterocycles. The van der Waals surface area contributed by atoms with Crippen molar-refractivity contribution in [1.29, 1.82) is 0 Å². The molecular weight excluding hydrogens is 413 g/mol. The smallest absolute Gasteiger partial charge is 0.209 e. The molecule has 0 spiro atoms. The summed E-state index contributed by atoms with van der Waals surface area (Å²) in [6.07, 6.45) is 2.35. The fourth-order valence-electron chi connectivity index (χ4n) is 1.34. The molecule has 1 unspecified atom stereocenters. The predicted octanol–water partition coefficient (Wildman–Crippen LogP) is 3.62. The molecule has 1 aliphatic rings. The largest absolute Gasteiger partial charge is 0.250 e. The summed E-state index contributed by atoms with van der Waals surface area (Å²) in [6, 6.07) is 1.46. The van der Waals surface area contributed by atoms with Crippen LogP contribution in [-0.2, 0) is 10.0 Å². The molecule has 1 fully saturated rings. The molecule has 0 bridgehead atoms. The number of thiophene rings is 1. The summed E-state index contributed by atoms with van der Waals surface area (Å²) in [5.74, 6) is 0.608. The number of nitrogens with one attached hydrogen (secondary N) is 1. The second-order valence-electron chi connectivity index (χ2n) is 3.89. The van der Waals surface area contributed by atoms with E-state index in [2.05, 4.69) is 36.6 Å².